The minimum Gasteiger partial charge on any atom is -0.354 e. The van der Waals surface area contributed by atoms with E-state index in [0.717, 1.165) is 24.0 Å². The Labute approximate surface area is 243 Å². The molecule has 0 aliphatic rings. The third-order valence-corrected chi connectivity index (χ3v) is 7.65. The van der Waals surface area contributed by atoms with E-state index in [1.807, 2.05) is 30.3 Å². The summed E-state index contributed by atoms with van der Waals surface area (Å²) in [7, 11) is 0. The first-order valence-electron chi connectivity index (χ1n) is 13.7. The molecule has 208 valence electrons. The van der Waals surface area contributed by atoms with E-state index in [-0.39, 0.29) is 30.2 Å². The minimum atomic E-state index is -0.702. The van der Waals surface area contributed by atoms with E-state index in [4.69, 9.17) is 23.2 Å². The maximum Gasteiger partial charge on any atom is 0.243 e. The summed E-state index contributed by atoms with van der Waals surface area (Å²) >= 11 is 13.1. The summed E-state index contributed by atoms with van der Waals surface area (Å²) in [5.41, 5.74) is 4.02. The highest BCUT2D eigenvalue weighted by Crippen LogP contribution is 2.28. The summed E-state index contributed by atoms with van der Waals surface area (Å²) in [6.45, 7) is 9.34. The van der Waals surface area contributed by atoms with Gasteiger partial charge >= 0.3 is 0 Å². The standard InChI is InChI=1S/C33H40Cl2N2O2/c1-5-6-21-36-32(39)30(22-25-11-8-7-9-12-25)37(23-27-28(34)13-10-14-29(27)35)31(38)20-17-24-15-18-26(19-16-24)33(2,3)4/h7-16,18-19,30H,5-6,17,20-23H2,1-4H3,(H,36,39)/t30-/m0/s1. The molecule has 3 rings (SSSR count). The second kappa shape index (κ2) is 14.5. The molecule has 39 heavy (non-hydrogen) atoms. The van der Waals surface area contributed by atoms with Gasteiger partial charge in [0.2, 0.25) is 11.8 Å². The van der Waals surface area contributed by atoms with Crippen molar-refractivity contribution in [2.75, 3.05) is 6.54 Å². The predicted octanol–water partition coefficient (Wildman–Crippen LogP) is 7.78. The number of benzene rings is 3. The summed E-state index contributed by atoms with van der Waals surface area (Å²) in [5, 5.41) is 4.00. The number of carbonyl (C=O) groups is 2. The molecule has 6 heteroatoms. The molecule has 0 bridgehead atoms. The van der Waals surface area contributed by atoms with Crippen LogP contribution in [0.15, 0.2) is 72.8 Å². The molecule has 3 aromatic carbocycles. The fourth-order valence-electron chi connectivity index (χ4n) is 4.48. The lowest BCUT2D eigenvalue weighted by Crippen LogP contribution is -2.50. The second-order valence-electron chi connectivity index (χ2n) is 11.0. The zero-order valence-electron chi connectivity index (χ0n) is 23.5. The van der Waals surface area contributed by atoms with Crippen LogP contribution in [0.4, 0.5) is 0 Å². The molecule has 0 radical (unpaired) electrons. The minimum absolute atomic E-state index is 0.0646. The monoisotopic (exact) mass is 566 g/mol. The molecule has 0 heterocycles. The van der Waals surface area contributed by atoms with Crippen LogP contribution in [0.25, 0.3) is 0 Å². The Morgan fingerprint density at radius 1 is 0.872 bits per heavy atom. The number of nitrogens with one attached hydrogen (secondary N) is 1. The van der Waals surface area contributed by atoms with E-state index in [1.54, 1.807) is 23.1 Å². The largest absolute Gasteiger partial charge is 0.354 e. The number of aryl methyl sites for hydroxylation is 1. The van der Waals surface area contributed by atoms with Crippen molar-refractivity contribution in [1.82, 2.24) is 10.2 Å². The Hall–Kier alpha value is -2.82. The first kappa shape index (κ1) is 30.7. The van der Waals surface area contributed by atoms with Crippen molar-refractivity contribution >= 4 is 35.0 Å². The van der Waals surface area contributed by atoms with Gasteiger partial charge in [-0.1, -0.05) is 118 Å². The molecule has 4 nitrogen and oxygen atoms in total. The summed E-state index contributed by atoms with van der Waals surface area (Å²) in [4.78, 5) is 29.1. The summed E-state index contributed by atoms with van der Waals surface area (Å²) < 4.78 is 0. The van der Waals surface area contributed by atoms with Crippen LogP contribution in [0.5, 0.6) is 0 Å². The number of rotatable bonds is 12. The maximum absolute atomic E-state index is 13.9. The Kier molecular flexibility index (Phi) is 11.4. The molecule has 2 amide bonds. The molecule has 0 fully saturated rings. The molecular weight excluding hydrogens is 527 g/mol. The number of unbranched alkanes of at least 4 members (excludes halogenated alkanes) is 1. The lowest BCUT2D eigenvalue weighted by atomic mass is 9.86. The Balaban J connectivity index is 1.91. The molecule has 1 N–H and O–H groups in total. The highest BCUT2D eigenvalue weighted by Gasteiger charge is 2.31. The molecule has 0 unspecified atom stereocenters. The van der Waals surface area contributed by atoms with Crippen LogP contribution in [0.2, 0.25) is 10.0 Å². The number of hydrogen-bond acceptors (Lipinski definition) is 2. The van der Waals surface area contributed by atoms with Crippen molar-refractivity contribution in [3.63, 3.8) is 0 Å². The lowest BCUT2D eigenvalue weighted by molar-refractivity contribution is -0.141. The molecule has 0 saturated carbocycles. The van der Waals surface area contributed by atoms with Crippen LogP contribution < -0.4 is 5.32 Å². The average Bonchev–Trinajstić information content (AvgIpc) is 2.91. The first-order chi connectivity index (χ1) is 18.6. The molecule has 1 atom stereocenters. The summed E-state index contributed by atoms with van der Waals surface area (Å²) in [5.74, 6) is -0.282. The molecule has 0 aromatic heterocycles. The Morgan fingerprint density at radius 2 is 1.51 bits per heavy atom. The van der Waals surface area contributed by atoms with Crippen LogP contribution in [0, 0.1) is 0 Å². The Bertz CT molecular complexity index is 1200. The molecule has 0 aliphatic carbocycles. The van der Waals surface area contributed by atoms with Crippen LogP contribution in [-0.4, -0.2) is 29.3 Å². The number of halogens is 2. The second-order valence-corrected chi connectivity index (χ2v) is 11.8. The molecular formula is C33H40Cl2N2O2. The summed E-state index contributed by atoms with van der Waals surface area (Å²) in [6, 6.07) is 22.8. The van der Waals surface area contributed by atoms with Crippen LogP contribution in [-0.2, 0) is 34.4 Å². The number of hydrogen-bond donors (Lipinski definition) is 1. The van der Waals surface area contributed by atoms with E-state index >= 15 is 0 Å². The van der Waals surface area contributed by atoms with Gasteiger partial charge in [-0.3, -0.25) is 9.59 Å². The van der Waals surface area contributed by atoms with Gasteiger partial charge in [0.15, 0.2) is 0 Å². The van der Waals surface area contributed by atoms with Gasteiger partial charge in [-0.25, -0.2) is 0 Å². The number of carbonyl (C=O) groups excluding carboxylic acids is 2. The fourth-order valence-corrected chi connectivity index (χ4v) is 5.00. The van der Waals surface area contributed by atoms with Crippen molar-refractivity contribution in [3.8, 4) is 0 Å². The lowest BCUT2D eigenvalue weighted by Gasteiger charge is -2.32. The van der Waals surface area contributed by atoms with Gasteiger partial charge < -0.3 is 10.2 Å². The Morgan fingerprint density at radius 3 is 2.10 bits per heavy atom. The van der Waals surface area contributed by atoms with Gasteiger partial charge in [0, 0.05) is 41.5 Å². The highest BCUT2D eigenvalue weighted by molar-refractivity contribution is 6.36. The van der Waals surface area contributed by atoms with Crippen molar-refractivity contribution in [1.29, 1.82) is 0 Å². The van der Waals surface area contributed by atoms with E-state index in [0.29, 0.717) is 35.0 Å². The normalized spacial score (nSPS) is 12.2. The summed E-state index contributed by atoms with van der Waals surface area (Å²) in [6.07, 6.45) is 3.08. The maximum atomic E-state index is 13.9. The van der Waals surface area contributed by atoms with Crippen LogP contribution >= 0.6 is 23.2 Å². The SMILES string of the molecule is CCCCNC(=O)[C@H](Cc1ccccc1)N(Cc1c(Cl)cccc1Cl)C(=O)CCc1ccc(C(C)(C)C)cc1. The van der Waals surface area contributed by atoms with Crippen molar-refractivity contribution in [2.24, 2.45) is 0 Å². The van der Waals surface area contributed by atoms with E-state index < -0.39 is 6.04 Å². The number of amides is 2. The molecule has 3 aromatic rings. The van der Waals surface area contributed by atoms with Gasteiger partial charge in [-0.2, -0.15) is 0 Å². The van der Waals surface area contributed by atoms with Gasteiger partial charge in [0.25, 0.3) is 0 Å². The molecule has 0 aliphatic heterocycles. The van der Waals surface area contributed by atoms with Crippen LogP contribution in [0.1, 0.15) is 69.2 Å². The average molecular weight is 568 g/mol. The van der Waals surface area contributed by atoms with Gasteiger partial charge in [0.05, 0.1) is 0 Å². The quantitative estimate of drug-likeness (QED) is 0.227. The van der Waals surface area contributed by atoms with Crippen molar-refractivity contribution in [3.05, 3.63) is 105 Å². The first-order valence-corrected chi connectivity index (χ1v) is 14.5. The fraction of sp³-hybridized carbons (Fsp3) is 0.394. The topological polar surface area (TPSA) is 49.4 Å². The zero-order valence-corrected chi connectivity index (χ0v) is 25.0. The van der Waals surface area contributed by atoms with E-state index in [1.165, 1.54) is 5.56 Å². The number of nitrogens with zero attached hydrogens (tertiary/aromatic N) is 1. The predicted molar refractivity (Wildman–Crippen MR) is 162 cm³/mol. The van der Waals surface area contributed by atoms with Crippen molar-refractivity contribution in [2.45, 2.75) is 77.8 Å². The van der Waals surface area contributed by atoms with E-state index in [9.17, 15) is 9.59 Å². The smallest absolute Gasteiger partial charge is 0.243 e. The van der Waals surface area contributed by atoms with Gasteiger partial charge in [0.1, 0.15) is 6.04 Å². The third-order valence-electron chi connectivity index (χ3n) is 6.94. The highest BCUT2D eigenvalue weighted by atomic mass is 35.5. The molecule has 0 saturated heterocycles. The van der Waals surface area contributed by atoms with Crippen molar-refractivity contribution < 1.29 is 9.59 Å². The third kappa shape index (κ3) is 9.12. The van der Waals surface area contributed by atoms with Crippen LogP contribution in [0.3, 0.4) is 0 Å². The van der Waals surface area contributed by atoms with Gasteiger partial charge in [-0.05, 0) is 47.1 Å². The molecule has 0 spiro atoms. The van der Waals surface area contributed by atoms with E-state index in [2.05, 4.69) is 57.3 Å². The zero-order chi connectivity index (χ0) is 28.4. The van der Waals surface area contributed by atoms with Gasteiger partial charge in [-0.15, -0.1) is 0 Å².